The Labute approximate surface area is 108 Å². The van der Waals surface area contributed by atoms with E-state index in [0.29, 0.717) is 27.0 Å². The Morgan fingerprint density at radius 1 is 1.35 bits per heavy atom. The van der Waals surface area contributed by atoms with Crippen molar-refractivity contribution in [2.75, 3.05) is 5.73 Å². The molecule has 2 N–H and O–H groups in total. The lowest BCUT2D eigenvalue weighted by molar-refractivity contribution is 0.103. The minimum absolute atomic E-state index is 0.260. The fraction of sp³-hybridized carbons (Fsp3) is 0.0909. The second kappa shape index (κ2) is 4.39. The lowest BCUT2D eigenvalue weighted by Crippen LogP contribution is -2.09. The summed E-state index contributed by atoms with van der Waals surface area (Å²) in [6.45, 7) is 0. The van der Waals surface area contributed by atoms with E-state index in [1.54, 1.807) is 25.2 Å². The maximum absolute atomic E-state index is 12.2. The van der Waals surface area contributed by atoms with Crippen LogP contribution in [0, 0.1) is 0 Å². The minimum Gasteiger partial charge on any atom is -0.399 e. The predicted octanol–water partition coefficient (Wildman–Crippen LogP) is 2.54. The monoisotopic (exact) mass is 269 g/mol. The van der Waals surface area contributed by atoms with E-state index >= 15 is 0 Å². The van der Waals surface area contributed by atoms with Crippen LogP contribution < -0.4 is 5.73 Å². The Bertz CT molecular complexity index is 553. The molecule has 0 saturated heterocycles. The van der Waals surface area contributed by atoms with Crippen molar-refractivity contribution in [3.8, 4) is 0 Å². The smallest absolute Gasteiger partial charge is 0.212 e. The molecule has 0 spiro atoms. The summed E-state index contributed by atoms with van der Waals surface area (Å²) >= 11 is 11.7. The Morgan fingerprint density at radius 2 is 2.06 bits per heavy atom. The molecule has 0 atom stereocenters. The molecule has 88 valence electrons. The van der Waals surface area contributed by atoms with Gasteiger partial charge >= 0.3 is 0 Å². The van der Waals surface area contributed by atoms with Crippen LogP contribution >= 0.6 is 23.2 Å². The molecule has 1 aromatic heterocycles. The molecule has 0 unspecified atom stereocenters. The zero-order valence-electron chi connectivity index (χ0n) is 8.95. The highest BCUT2D eigenvalue weighted by molar-refractivity contribution is 6.35. The standard InChI is InChI=1S/C11H9Cl2N3O/c1-16-10(9(13)5-15-16)11(17)6-2-7(12)4-8(14)3-6/h2-5H,14H2,1H3. The number of halogens is 2. The molecule has 6 heteroatoms. The van der Waals surface area contributed by atoms with E-state index in [-0.39, 0.29) is 5.78 Å². The molecule has 0 bridgehead atoms. The van der Waals surface area contributed by atoms with Gasteiger partial charge in [-0.3, -0.25) is 9.48 Å². The molecule has 17 heavy (non-hydrogen) atoms. The Morgan fingerprint density at radius 3 is 2.59 bits per heavy atom. The number of nitrogens with zero attached hydrogens (tertiary/aromatic N) is 2. The fourth-order valence-corrected chi connectivity index (χ4v) is 2.04. The second-order valence-corrected chi connectivity index (χ2v) is 4.41. The van der Waals surface area contributed by atoms with Crippen LogP contribution in [0.2, 0.25) is 10.0 Å². The summed E-state index contributed by atoms with van der Waals surface area (Å²) in [5, 5.41) is 4.62. The van der Waals surface area contributed by atoms with Gasteiger partial charge in [0.15, 0.2) is 0 Å². The van der Waals surface area contributed by atoms with E-state index in [9.17, 15) is 4.79 Å². The van der Waals surface area contributed by atoms with E-state index in [2.05, 4.69) is 5.10 Å². The molecule has 4 nitrogen and oxygen atoms in total. The predicted molar refractivity (Wildman–Crippen MR) is 67.5 cm³/mol. The number of hydrogen-bond donors (Lipinski definition) is 1. The molecule has 0 aliphatic heterocycles. The van der Waals surface area contributed by atoms with Crippen molar-refractivity contribution in [1.29, 1.82) is 0 Å². The first kappa shape index (κ1) is 12.0. The van der Waals surface area contributed by atoms with Crippen molar-refractivity contribution in [2.24, 2.45) is 7.05 Å². The lowest BCUT2D eigenvalue weighted by Gasteiger charge is -2.04. The van der Waals surface area contributed by atoms with E-state index in [1.807, 2.05) is 0 Å². The summed E-state index contributed by atoms with van der Waals surface area (Å²) in [4.78, 5) is 12.2. The van der Waals surface area contributed by atoms with Crippen molar-refractivity contribution in [3.63, 3.8) is 0 Å². The van der Waals surface area contributed by atoms with Gasteiger partial charge in [-0.1, -0.05) is 23.2 Å². The van der Waals surface area contributed by atoms with Crippen LogP contribution in [0.1, 0.15) is 16.1 Å². The Balaban J connectivity index is 2.51. The minimum atomic E-state index is -0.260. The lowest BCUT2D eigenvalue weighted by atomic mass is 10.1. The van der Waals surface area contributed by atoms with Crippen molar-refractivity contribution < 1.29 is 4.79 Å². The van der Waals surface area contributed by atoms with Gasteiger partial charge in [0.2, 0.25) is 5.78 Å². The van der Waals surface area contributed by atoms with Crippen molar-refractivity contribution in [2.45, 2.75) is 0 Å². The molecule has 0 radical (unpaired) electrons. The summed E-state index contributed by atoms with van der Waals surface area (Å²) in [6, 6.07) is 4.67. The van der Waals surface area contributed by atoms with Crippen LogP contribution in [0.5, 0.6) is 0 Å². The largest absolute Gasteiger partial charge is 0.399 e. The number of carbonyl (C=O) groups is 1. The van der Waals surface area contributed by atoms with Crippen LogP contribution in [0.4, 0.5) is 5.69 Å². The van der Waals surface area contributed by atoms with Crippen LogP contribution in [-0.2, 0) is 7.05 Å². The number of nitrogens with two attached hydrogens (primary N) is 1. The third kappa shape index (κ3) is 2.28. The zero-order valence-corrected chi connectivity index (χ0v) is 10.5. The van der Waals surface area contributed by atoms with Crippen molar-refractivity contribution in [3.05, 3.63) is 45.7 Å². The summed E-state index contributed by atoms with van der Waals surface area (Å²) in [5.41, 5.74) is 6.77. The SMILES string of the molecule is Cn1ncc(Cl)c1C(=O)c1cc(N)cc(Cl)c1. The van der Waals surface area contributed by atoms with Gasteiger partial charge in [0.05, 0.1) is 11.2 Å². The van der Waals surface area contributed by atoms with Crippen LogP contribution in [0.15, 0.2) is 24.4 Å². The molecular formula is C11H9Cl2N3O. The summed E-state index contributed by atoms with van der Waals surface area (Å²) in [7, 11) is 1.65. The number of hydrogen-bond acceptors (Lipinski definition) is 3. The third-order valence-corrected chi connectivity index (χ3v) is 2.79. The first-order valence-electron chi connectivity index (χ1n) is 4.77. The fourth-order valence-electron chi connectivity index (χ4n) is 1.55. The number of rotatable bonds is 2. The first-order valence-corrected chi connectivity index (χ1v) is 5.53. The number of nitrogen functional groups attached to an aromatic ring is 1. The third-order valence-electron chi connectivity index (χ3n) is 2.29. The average Bonchev–Trinajstić information content (AvgIpc) is 2.56. The second-order valence-electron chi connectivity index (χ2n) is 3.57. The van der Waals surface area contributed by atoms with Gasteiger partial charge < -0.3 is 5.73 Å². The molecule has 0 amide bonds. The molecule has 2 aromatic rings. The molecule has 0 aliphatic carbocycles. The van der Waals surface area contributed by atoms with Gasteiger partial charge in [-0.25, -0.2) is 0 Å². The van der Waals surface area contributed by atoms with Gasteiger partial charge in [-0.05, 0) is 18.2 Å². The molecule has 1 heterocycles. The number of anilines is 1. The highest BCUT2D eigenvalue weighted by Gasteiger charge is 2.18. The Kier molecular flexibility index (Phi) is 3.09. The van der Waals surface area contributed by atoms with Gasteiger partial charge in [-0.15, -0.1) is 0 Å². The van der Waals surface area contributed by atoms with E-state index in [0.717, 1.165) is 0 Å². The number of aryl methyl sites for hydroxylation is 1. The van der Waals surface area contributed by atoms with Gasteiger partial charge in [0, 0.05) is 23.3 Å². The highest BCUT2D eigenvalue weighted by Crippen LogP contribution is 2.22. The van der Waals surface area contributed by atoms with Gasteiger partial charge in [0.25, 0.3) is 0 Å². The number of ketones is 1. The maximum atomic E-state index is 12.2. The first-order chi connectivity index (χ1) is 7.99. The van der Waals surface area contributed by atoms with E-state index in [4.69, 9.17) is 28.9 Å². The van der Waals surface area contributed by atoms with Crippen LogP contribution in [0.25, 0.3) is 0 Å². The van der Waals surface area contributed by atoms with Crippen LogP contribution in [0.3, 0.4) is 0 Å². The van der Waals surface area contributed by atoms with Crippen molar-refractivity contribution >= 4 is 34.7 Å². The quantitative estimate of drug-likeness (QED) is 0.673. The summed E-state index contributed by atoms with van der Waals surface area (Å²) in [5.74, 6) is -0.260. The van der Waals surface area contributed by atoms with E-state index < -0.39 is 0 Å². The van der Waals surface area contributed by atoms with Crippen LogP contribution in [-0.4, -0.2) is 15.6 Å². The zero-order chi connectivity index (χ0) is 12.6. The number of benzene rings is 1. The molecule has 0 saturated carbocycles. The molecule has 0 aliphatic rings. The molecule has 2 rings (SSSR count). The van der Waals surface area contributed by atoms with Gasteiger partial charge in [-0.2, -0.15) is 5.10 Å². The molecule has 0 fully saturated rings. The Hall–Kier alpha value is -1.52. The van der Waals surface area contributed by atoms with Crippen molar-refractivity contribution in [1.82, 2.24) is 9.78 Å². The van der Waals surface area contributed by atoms with Gasteiger partial charge in [0.1, 0.15) is 5.69 Å². The number of carbonyl (C=O) groups excluding carboxylic acids is 1. The summed E-state index contributed by atoms with van der Waals surface area (Å²) < 4.78 is 1.42. The topological polar surface area (TPSA) is 60.9 Å². The normalized spacial score (nSPS) is 10.5. The average molecular weight is 270 g/mol. The van der Waals surface area contributed by atoms with E-state index in [1.165, 1.54) is 10.9 Å². The summed E-state index contributed by atoms with van der Waals surface area (Å²) in [6.07, 6.45) is 1.42. The number of aromatic nitrogens is 2. The molecular weight excluding hydrogens is 261 g/mol. The molecule has 1 aromatic carbocycles. The highest BCUT2D eigenvalue weighted by atomic mass is 35.5. The maximum Gasteiger partial charge on any atom is 0.212 e.